The third-order valence-corrected chi connectivity index (χ3v) is 20.3. The first-order valence-electron chi connectivity index (χ1n) is 40.8. The maximum Gasteiger partial charge on any atom is 0.472 e. The lowest BCUT2D eigenvalue weighted by Gasteiger charge is -2.21. The Kier molecular flexibility index (Phi) is 71.0. The van der Waals surface area contributed by atoms with Crippen LogP contribution in [0.3, 0.4) is 0 Å². The third kappa shape index (κ3) is 72.2. The van der Waals surface area contributed by atoms with Gasteiger partial charge in [0.05, 0.1) is 26.4 Å². The molecule has 0 aliphatic carbocycles. The predicted molar refractivity (Wildman–Crippen MR) is 395 cm³/mol. The van der Waals surface area contributed by atoms with Gasteiger partial charge >= 0.3 is 39.5 Å². The minimum absolute atomic E-state index is 0.108. The van der Waals surface area contributed by atoms with Gasteiger partial charge in [-0.05, 0) is 25.7 Å². The molecule has 0 aliphatic rings. The predicted octanol–water partition coefficient (Wildman–Crippen LogP) is 23.4. The number of phosphoric acid groups is 2. The Morgan fingerprint density at radius 1 is 0.247 bits per heavy atom. The molecule has 5 atom stereocenters. The zero-order valence-corrected chi connectivity index (χ0v) is 64.8. The molecule has 0 spiro atoms. The van der Waals surface area contributed by atoms with Crippen molar-refractivity contribution < 1.29 is 80.2 Å². The Bertz CT molecular complexity index is 1840. The quantitative estimate of drug-likeness (QED) is 0.0222. The highest BCUT2D eigenvalue weighted by atomic mass is 31.2. The van der Waals surface area contributed by atoms with Crippen LogP contribution in [0.2, 0.25) is 0 Å². The average molecular weight is 1420 g/mol. The van der Waals surface area contributed by atoms with Crippen molar-refractivity contribution in [3.05, 3.63) is 0 Å². The molecule has 97 heavy (non-hydrogen) atoms. The van der Waals surface area contributed by atoms with E-state index >= 15 is 0 Å². The van der Waals surface area contributed by atoms with Crippen LogP contribution in [0.5, 0.6) is 0 Å². The van der Waals surface area contributed by atoms with E-state index in [4.69, 9.17) is 37.0 Å². The van der Waals surface area contributed by atoms with E-state index in [-0.39, 0.29) is 25.7 Å². The number of hydrogen-bond acceptors (Lipinski definition) is 15. The SMILES string of the molecule is CCCCCCCCCCCCCCCCCCCCCCCCC(=O)O[C@H](COC(=O)CCCCCCCCCCCCCC)COP(=O)(O)OC[C@@H](O)COP(=O)(O)OC[C@@H](COC(=O)CCCCCCCCCCCCC)OC(=O)CCCCCCCCCCCCCC. The number of phosphoric ester groups is 2. The molecule has 2 unspecified atom stereocenters. The van der Waals surface area contributed by atoms with Crippen molar-refractivity contribution in [2.24, 2.45) is 0 Å². The summed E-state index contributed by atoms with van der Waals surface area (Å²) in [6.45, 7) is 4.99. The van der Waals surface area contributed by atoms with Crippen molar-refractivity contribution in [2.45, 2.75) is 438 Å². The molecule has 0 heterocycles. The van der Waals surface area contributed by atoms with Crippen molar-refractivity contribution in [3.8, 4) is 0 Å². The van der Waals surface area contributed by atoms with Crippen LogP contribution in [0, 0.1) is 0 Å². The van der Waals surface area contributed by atoms with Crippen molar-refractivity contribution in [1.29, 1.82) is 0 Å². The highest BCUT2D eigenvalue weighted by Gasteiger charge is 2.30. The number of hydrogen-bond donors (Lipinski definition) is 3. The van der Waals surface area contributed by atoms with Gasteiger partial charge in [0.1, 0.15) is 19.3 Å². The summed E-state index contributed by atoms with van der Waals surface area (Å²) in [5.74, 6) is -2.11. The molecular formula is C78H152O17P2. The fourth-order valence-corrected chi connectivity index (χ4v) is 13.7. The van der Waals surface area contributed by atoms with Crippen molar-refractivity contribution in [3.63, 3.8) is 0 Å². The summed E-state index contributed by atoms with van der Waals surface area (Å²) in [4.78, 5) is 72.8. The Morgan fingerprint density at radius 3 is 0.608 bits per heavy atom. The van der Waals surface area contributed by atoms with E-state index in [0.29, 0.717) is 25.7 Å². The van der Waals surface area contributed by atoms with Gasteiger partial charge in [-0.25, -0.2) is 9.13 Å². The number of rotatable bonds is 79. The summed E-state index contributed by atoms with van der Waals surface area (Å²) in [6, 6.07) is 0. The maximum atomic E-state index is 13.1. The van der Waals surface area contributed by atoms with E-state index < -0.39 is 97.5 Å². The molecule has 0 aromatic rings. The largest absolute Gasteiger partial charge is 0.472 e. The van der Waals surface area contributed by atoms with Gasteiger partial charge in [0.25, 0.3) is 0 Å². The maximum absolute atomic E-state index is 13.1. The summed E-state index contributed by atoms with van der Waals surface area (Å²) in [5.41, 5.74) is 0. The molecule has 0 rings (SSSR count). The van der Waals surface area contributed by atoms with Gasteiger partial charge in [-0.3, -0.25) is 37.3 Å². The average Bonchev–Trinajstić information content (AvgIpc) is 1.23. The minimum Gasteiger partial charge on any atom is -0.462 e. The second-order valence-electron chi connectivity index (χ2n) is 28.1. The lowest BCUT2D eigenvalue weighted by atomic mass is 10.0. The number of aliphatic hydroxyl groups excluding tert-OH is 1. The minimum atomic E-state index is -4.96. The van der Waals surface area contributed by atoms with E-state index in [9.17, 15) is 43.2 Å². The molecule has 0 aliphatic heterocycles. The fourth-order valence-electron chi connectivity index (χ4n) is 12.1. The molecule has 0 aromatic carbocycles. The van der Waals surface area contributed by atoms with Crippen LogP contribution in [0.15, 0.2) is 0 Å². The van der Waals surface area contributed by atoms with Gasteiger partial charge in [-0.1, -0.05) is 368 Å². The normalized spacial score (nSPS) is 13.8. The number of carbonyl (C=O) groups excluding carboxylic acids is 4. The van der Waals surface area contributed by atoms with E-state index in [2.05, 4.69) is 27.7 Å². The third-order valence-electron chi connectivity index (χ3n) is 18.4. The summed E-state index contributed by atoms with van der Waals surface area (Å²) in [6.07, 6.45) is 63.8. The van der Waals surface area contributed by atoms with Crippen molar-refractivity contribution >= 4 is 39.5 Å². The Balaban J connectivity index is 5.17. The van der Waals surface area contributed by atoms with Crippen LogP contribution in [0.4, 0.5) is 0 Å². The highest BCUT2D eigenvalue weighted by molar-refractivity contribution is 7.47. The molecule has 0 saturated carbocycles. The first-order chi connectivity index (χ1) is 47.2. The summed E-state index contributed by atoms with van der Waals surface area (Å²) in [7, 11) is -9.91. The van der Waals surface area contributed by atoms with Gasteiger partial charge in [-0.15, -0.1) is 0 Å². The lowest BCUT2D eigenvalue weighted by Crippen LogP contribution is -2.30. The Hall–Kier alpha value is -1.94. The van der Waals surface area contributed by atoms with Gasteiger partial charge in [-0.2, -0.15) is 0 Å². The molecule has 576 valence electrons. The highest BCUT2D eigenvalue weighted by Crippen LogP contribution is 2.45. The fraction of sp³-hybridized carbons (Fsp3) is 0.949. The van der Waals surface area contributed by atoms with Crippen LogP contribution in [-0.4, -0.2) is 96.7 Å². The molecule has 17 nitrogen and oxygen atoms in total. The molecule has 19 heteroatoms. The van der Waals surface area contributed by atoms with Crippen molar-refractivity contribution in [2.75, 3.05) is 39.6 Å². The van der Waals surface area contributed by atoms with Crippen LogP contribution in [0.25, 0.3) is 0 Å². The van der Waals surface area contributed by atoms with Crippen LogP contribution < -0.4 is 0 Å². The number of ether oxygens (including phenoxy) is 4. The van der Waals surface area contributed by atoms with E-state index in [1.807, 2.05) is 0 Å². The summed E-state index contributed by atoms with van der Waals surface area (Å²) >= 11 is 0. The molecular weight excluding hydrogens is 1270 g/mol. The lowest BCUT2D eigenvalue weighted by molar-refractivity contribution is -0.161. The molecule has 3 N–H and O–H groups in total. The van der Waals surface area contributed by atoms with Crippen LogP contribution >= 0.6 is 15.6 Å². The first kappa shape index (κ1) is 95.1. The van der Waals surface area contributed by atoms with E-state index in [1.165, 1.54) is 250 Å². The summed E-state index contributed by atoms with van der Waals surface area (Å²) in [5, 5.41) is 10.6. The van der Waals surface area contributed by atoms with E-state index in [1.54, 1.807) is 0 Å². The molecule has 0 fully saturated rings. The Labute approximate surface area is 594 Å². The first-order valence-corrected chi connectivity index (χ1v) is 43.8. The van der Waals surface area contributed by atoms with Gasteiger partial charge in [0.15, 0.2) is 12.2 Å². The van der Waals surface area contributed by atoms with Gasteiger partial charge in [0.2, 0.25) is 0 Å². The number of esters is 4. The molecule has 0 saturated heterocycles. The number of carbonyl (C=O) groups is 4. The van der Waals surface area contributed by atoms with Crippen LogP contribution in [0.1, 0.15) is 419 Å². The van der Waals surface area contributed by atoms with Crippen LogP contribution in [-0.2, 0) is 65.4 Å². The zero-order valence-electron chi connectivity index (χ0n) is 63.1. The zero-order chi connectivity index (χ0) is 71.1. The van der Waals surface area contributed by atoms with E-state index in [0.717, 1.165) is 89.9 Å². The van der Waals surface area contributed by atoms with Crippen molar-refractivity contribution in [1.82, 2.24) is 0 Å². The van der Waals surface area contributed by atoms with Gasteiger partial charge < -0.3 is 33.8 Å². The Morgan fingerprint density at radius 2 is 0.412 bits per heavy atom. The molecule has 0 amide bonds. The molecule has 0 bridgehead atoms. The second-order valence-corrected chi connectivity index (χ2v) is 31.0. The molecule has 0 aromatic heterocycles. The molecule has 0 radical (unpaired) electrons. The standard InChI is InChI=1S/C78H152O17P2/c1-5-9-13-17-21-25-29-32-33-34-35-36-37-38-39-40-41-45-49-53-57-61-65-78(83)95-74(69-89-76(81)63-59-55-51-47-43-30-26-22-18-14-10-6-2)71-93-97(86,87)91-67-72(79)66-90-96(84,85)92-70-73(68-88-75(80)62-58-54-50-46-42-28-24-20-16-12-8-4)94-77(82)64-60-56-52-48-44-31-27-23-19-15-11-7-3/h72-74,79H,5-71H2,1-4H3,(H,84,85)(H,86,87)/t72-,73+,74+/m0/s1. The second kappa shape index (κ2) is 72.4. The summed E-state index contributed by atoms with van der Waals surface area (Å²) < 4.78 is 68.6. The number of unbranched alkanes of at least 4 members (excludes halogenated alkanes) is 53. The topological polar surface area (TPSA) is 237 Å². The smallest absolute Gasteiger partial charge is 0.462 e. The van der Waals surface area contributed by atoms with Gasteiger partial charge in [0, 0.05) is 25.7 Å². The number of aliphatic hydroxyl groups is 1. The monoisotopic (exact) mass is 1420 g/mol.